The lowest BCUT2D eigenvalue weighted by atomic mass is 10.1. The summed E-state index contributed by atoms with van der Waals surface area (Å²) in [5, 5.41) is 22.7. The number of nitrogens with zero attached hydrogens (tertiary/aromatic N) is 3. The van der Waals surface area contributed by atoms with Crippen LogP contribution in [0, 0.1) is 0 Å². The summed E-state index contributed by atoms with van der Waals surface area (Å²) in [6, 6.07) is 6.95. The number of aromatic nitrogens is 2. The van der Waals surface area contributed by atoms with Crippen LogP contribution >= 0.6 is 0 Å². The summed E-state index contributed by atoms with van der Waals surface area (Å²) in [6.45, 7) is 0.0857. The van der Waals surface area contributed by atoms with Crippen molar-refractivity contribution in [3.63, 3.8) is 0 Å². The van der Waals surface area contributed by atoms with E-state index in [1.807, 2.05) is 0 Å². The first-order chi connectivity index (χ1) is 12.1. The number of aryl methyl sites for hydroxylation is 1. The van der Waals surface area contributed by atoms with Crippen LogP contribution in [0.5, 0.6) is 11.5 Å². The van der Waals surface area contributed by atoms with Crippen LogP contribution in [0.1, 0.15) is 10.4 Å². The molecule has 1 aromatic heterocycles. The number of carbonyl (C=O) groups is 1. The van der Waals surface area contributed by atoms with Crippen molar-refractivity contribution < 1.29 is 24.5 Å². The number of para-hydroxylation sites is 1. The summed E-state index contributed by atoms with van der Waals surface area (Å²) in [5.41, 5.74) is 0.404. The lowest BCUT2D eigenvalue weighted by Crippen LogP contribution is -2.52. The number of amides is 1. The van der Waals surface area contributed by atoms with E-state index in [1.54, 1.807) is 53.3 Å². The fourth-order valence-electron chi connectivity index (χ4n) is 2.77. The van der Waals surface area contributed by atoms with Gasteiger partial charge >= 0.3 is 0 Å². The standard InChI is InChI=1S/C17H21N3O5/c1-19-7-12(6-18-19)25-16-5-3-2-4-15(16)17(23)20-8-13(10-21)24-14(9-20)11-22/h2-7,13-14,21-22H,8-11H2,1H3/t13-,14-/m0/s1. The predicted molar refractivity (Wildman–Crippen MR) is 88.5 cm³/mol. The van der Waals surface area contributed by atoms with Crippen molar-refractivity contribution in [1.82, 2.24) is 14.7 Å². The Morgan fingerprint density at radius 1 is 1.28 bits per heavy atom. The van der Waals surface area contributed by atoms with E-state index in [0.717, 1.165) is 0 Å². The molecule has 2 N–H and O–H groups in total. The predicted octanol–water partition coefficient (Wildman–Crippen LogP) is 0.407. The summed E-state index contributed by atoms with van der Waals surface area (Å²) in [5.74, 6) is 0.721. The quantitative estimate of drug-likeness (QED) is 0.813. The molecule has 1 fully saturated rings. The maximum atomic E-state index is 12.9. The van der Waals surface area contributed by atoms with Crippen LogP contribution in [0.3, 0.4) is 0 Å². The SMILES string of the molecule is Cn1cc(Oc2ccccc2C(=O)N2C[C@@H](CO)O[C@H](CO)C2)cn1. The molecule has 0 radical (unpaired) electrons. The number of carbonyl (C=O) groups excluding carboxylic acids is 1. The second-order valence-electron chi connectivity index (χ2n) is 5.90. The van der Waals surface area contributed by atoms with Crippen molar-refractivity contribution in [2.45, 2.75) is 12.2 Å². The summed E-state index contributed by atoms with van der Waals surface area (Å²) in [6.07, 6.45) is 2.25. The number of morpholine rings is 1. The summed E-state index contributed by atoms with van der Waals surface area (Å²) >= 11 is 0. The molecule has 134 valence electrons. The molecule has 1 saturated heterocycles. The van der Waals surface area contributed by atoms with Crippen LogP contribution < -0.4 is 4.74 Å². The van der Waals surface area contributed by atoms with Crippen LogP contribution in [0.15, 0.2) is 36.7 Å². The van der Waals surface area contributed by atoms with Gasteiger partial charge in [0.05, 0.1) is 43.4 Å². The number of ether oxygens (including phenoxy) is 2. The fraction of sp³-hybridized carbons (Fsp3) is 0.412. The smallest absolute Gasteiger partial charge is 0.257 e. The highest BCUT2D eigenvalue weighted by Gasteiger charge is 2.31. The topological polar surface area (TPSA) is 97.1 Å². The summed E-state index contributed by atoms with van der Waals surface area (Å²) in [7, 11) is 1.78. The molecule has 0 saturated carbocycles. The highest BCUT2D eigenvalue weighted by atomic mass is 16.5. The van der Waals surface area contributed by atoms with Gasteiger partial charge in [-0.25, -0.2) is 0 Å². The molecule has 8 heteroatoms. The van der Waals surface area contributed by atoms with Gasteiger partial charge in [0.1, 0.15) is 5.75 Å². The van der Waals surface area contributed by atoms with Crippen molar-refractivity contribution in [3.8, 4) is 11.5 Å². The van der Waals surface area contributed by atoms with E-state index in [0.29, 0.717) is 17.1 Å². The third-order valence-corrected chi connectivity index (χ3v) is 3.95. The van der Waals surface area contributed by atoms with Crippen LogP contribution in [0.4, 0.5) is 0 Å². The normalized spacial score (nSPS) is 20.5. The number of benzene rings is 1. The molecule has 1 aromatic carbocycles. The molecule has 0 aliphatic carbocycles. The van der Waals surface area contributed by atoms with E-state index in [2.05, 4.69) is 5.10 Å². The zero-order valence-electron chi connectivity index (χ0n) is 13.9. The Labute approximate surface area is 145 Å². The molecule has 2 heterocycles. The minimum absolute atomic E-state index is 0.214. The number of hydrogen-bond acceptors (Lipinski definition) is 6. The Kier molecular flexibility index (Phi) is 5.32. The van der Waals surface area contributed by atoms with Gasteiger partial charge in [-0.15, -0.1) is 0 Å². The molecule has 0 spiro atoms. The molecular formula is C17H21N3O5. The Morgan fingerprint density at radius 2 is 1.96 bits per heavy atom. The van der Waals surface area contributed by atoms with Crippen LogP contribution in [-0.4, -0.2) is 69.3 Å². The average Bonchev–Trinajstić information content (AvgIpc) is 3.05. The Hall–Kier alpha value is -2.42. The molecule has 0 bridgehead atoms. The minimum Gasteiger partial charge on any atom is -0.453 e. The lowest BCUT2D eigenvalue weighted by molar-refractivity contribution is -0.108. The largest absolute Gasteiger partial charge is 0.453 e. The van der Waals surface area contributed by atoms with Gasteiger partial charge in [0.2, 0.25) is 0 Å². The molecule has 1 aliphatic heterocycles. The highest BCUT2D eigenvalue weighted by molar-refractivity contribution is 5.97. The molecule has 8 nitrogen and oxygen atoms in total. The number of aliphatic hydroxyl groups excluding tert-OH is 2. The first-order valence-electron chi connectivity index (χ1n) is 8.02. The maximum absolute atomic E-state index is 12.9. The van der Waals surface area contributed by atoms with Gasteiger partial charge in [0.15, 0.2) is 5.75 Å². The van der Waals surface area contributed by atoms with E-state index in [9.17, 15) is 15.0 Å². The molecule has 0 unspecified atom stereocenters. The van der Waals surface area contributed by atoms with E-state index in [-0.39, 0.29) is 32.2 Å². The number of hydrogen-bond donors (Lipinski definition) is 2. The average molecular weight is 347 g/mol. The monoisotopic (exact) mass is 347 g/mol. The molecule has 2 aromatic rings. The lowest BCUT2D eigenvalue weighted by Gasteiger charge is -2.37. The van der Waals surface area contributed by atoms with Crippen molar-refractivity contribution in [3.05, 3.63) is 42.2 Å². The van der Waals surface area contributed by atoms with Gasteiger partial charge in [-0.3, -0.25) is 9.48 Å². The summed E-state index contributed by atoms with van der Waals surface area (Å²) in [4.78, 5) is 14.5. The second-order valence-corrected chi connectivity index (χ2v) is 5.90. The van der Waals surface area contributed by atoms with Crippen LogP contribution in [-0.2, 0) is 11.8 Å². The molecule has 2 atom stereocenters. The summed E-state index contributed by atoms with van der Waals surface area (Å²) < 4.78 is 12.9. The Balaban J connectivity index is 1.81. The third kappa shape index (κ3) is 3.98. The fourth-order valence-corrected chi connectivity index (χ4v) is 2.77. The highest BCUT2D eigenvalue weighted by Crippen LogP contribution is 2.27. The van der Waals surface area contributed by atoms with Crippen molar-refractivity contribution >= 4 is 5.91 Å². The van der Waals surface area contributed by atoms with Crippen molar-refractivity contribution in [2.24, 2.45) is 7.05 Å². The van der Waals surface area contributed by atoms with Gasteiger partial charge in [-0.2, -0.15) is 5.10 Å². The zero-order valence-corrected chi connectivity index (χ0v) is 13.9. The second kappa shape index (κ2) is 7.64. The van der Waals surface area contributed by atoms with Gasteiger partial charge in [0, 0.05) is 20.1 Å². The van der Waals surface area contributed by atoms with E-state index < -0.39 is 12.2 Å². The van der Waals surface area contributed by atoms with Crippen LogP contribution in [0.2, 0.25) is 0 Å². The van der Waals surface area contributed by atoms with E-state index >= 15 is 0 Å². The molecule has 1 aliphatic rings. The first kappa shape index (κ1) is 17.4. The Bertz CT molecular complexity index is 721. The minimum atomic E-state index is -0.513. The van der Waals surface area contributed by atoms with Crippen molar-refractivity contribution in [1.29, 1.82) is 0 Å². The maximum Gasteiger partial charge on any atom is 0.257 e. The van der Waals surface area contributed by atoms with E-state index in [4.69, 9.17) is 9.47 Å². The molecular weight excluding hydrogens is 326 g/mol. The molecule has 25 heavy (non-hydrogen) atoms. The molecule has 1 amide bonds. The zero-order chi connectivity index (χ0) is 17.8. The number of aliphatic hydroxyl groups is 2. The number of rotatable bonds is 5. The van der Waals surface area contributed by atoms with Gasteiger partial charge < -0.3 is 24.6 Å². The van der Waals surface area contributed by atoms with Crippen LogP contribution in [0.25, 0.3) is 0 Å². The Morgan fingerprint density at radius 3 is 2.56 bits per heavy atom. The van der Waals surface area contributed by atoms with Gasteiger partial charge in [0.25, 0.3) is 5.91 Å². The van der Waals surface area contributed by atoms with E-state index in [1.165, 1.54) is 0 Å². The van der Waals surface area contributed by atoms with Crippen molar-refractivity contribution in [2.75, 3.05) is 26.3 Å². The molecule has 3 rings (SSSR count). The first-order valence-corrected chi connectivity index (χ1v) is 8.02. The van der Waals surface area contributed by atoms with Gasteiger partial charge in [-0.1, -0.05) is 12.1 Å². The third-order valence-electron chi connectivity index (χ3n) is 3.95. The van der Waals surface area contributed by atoms with Gasteiger partial charge in [-0.05, 0) is 12.1 Å².